The Kier molecular flexibility index (Phi) is 4.68. The Bertz CT molecular complexity index is 820. The number of amides is 1. The highest BCUT2D eigenvalue weighted by molar-refractivity contribution is 6.30. The molecule has 0 fully saturated rings. The highest BCUT2D eigenvalue weighted by Crippen LogP contribution is 2.34. The van der Waals surface area contributed by atoms with Gasteiger partial charge in [-0.2, -0.15) is 0 Å². The molecule has 0 bridgehead atoms. The van der Waals surface area contributed by atoms with Crippen molar-refractivity contribution in [2.45, 2.75) is 19.4 Å². The zero-order chi connectivity index (χ0) is 18.0. The average molecular weight is 359 g/mol. The number of ether oxygens (including phenoxy) is 1. The number of esters is 1. The molecule has 1 aliphatic heterocycles. The molecule has 0 unspecified atom stereocenters. The molecular weight excluding hydrogens is 340 g/mol. The monoisotopic (exact) mass is 358 g/mol. The Hall–Kier alpha value is -2.53. The summed E-state index contributed by atoms with van der Waals surface area (Å²) < 4.78 is 5.31. The van der Waals surface area contributed by atoms with Crippen molar-refractivity contribution < 1.29 is 14.3 Å². The van der Waals surface area contributed by atoms with E-state index in [1.165, 1.54) is 0 Å². The maximum absolute atomic E-state index is 12.7. The standard InChI is InChI=1S/C19H19ClN2O3/c1-19(2)18(24)22(16-9-4-3-8-15(16)21-19)10-11-25-17(23)13-6-5-7-14(20)12-13/h3-9,12,21H,10-11H2,1-2H3. The second kappa shape index (κ2) is 6.76. The van der Waals surface area contributed by atoms with Gasteiger partial charge in [-0.05, 0) is 44.2 Å². The summed E-state index contributed by atoms with van der Waals surface area (Å²) in [5, 5.41) is 3.71. The molecule has 1 amide bonds. The minimum atomic E-state index is -0.717. The number of carbonyl (C=O) groups excluding carboxylic acids is 2. The number of nitrogens with one attached hydrogen (secondary N) is 1. The molecule has 0 saturated heterocycles. The Morgan fingerprint density at radius 3 is 2.72 bits per heavy atom. The number of benzene rings is 2. The van der Waals surface area contributed by atoms with Crippen molar-refractivity contribution >= 4 is 34.9 Å². The lowest BCUT2D eigenvalue weighted by molar-refractivity contribution is -0.122. The maximum atomic E-state index is 12.7. The van der Waals surface area contributed by atoms with Gasteiger partial charge in [0.05, 0.1) is 23.5 Å². The molecule has 5 nitrogen and oxygen atoms in total. The largest absolute Gasteiger partial charge is 0.460 e. The second-order valence-corrected chi connectivity index (χ2v) is 6.81. The summed E-state index contributed by atoms with van der Waals surface area (Å²) >= 11 is 5.88. The zero-order valence-corrected chi connectivity index (χ0v) is 14.8. The van der Waals surface area contributed by atoms with Gasteiger partial charge in [-0.25, -0.2) is 4.79 Å². The molecule has 130 valence electrons. The summed E-state index contributed by atoms with van der Waals surface area (Å²) in [4.78, 5) is 26.5. The smallest absolute Gasteiger partial charge is 0.338 e. The quantitative estimate of drug-likeness (QED) is 0.846. The van der Waals surface area contributed by atoms with E-state index in [1.807, 2.05) is 38.1 Å². The number of hydrogen-bond acceptors (Lipinski definition) is 4. The van der Waals surface area contributed by atoms with Gasteiger partial charge in [-0.1, -0.05) is 29.8 Å². The van der Waals surface area contributed by atoms with Gasteiger partial charge in [-0.3, -0.25) is 4.79 Å². The molecule has 0 spiro atoms. The lowest BCUT2D eigenvalue weighted by Crippen LogP contribution is -2.54. The summed E-state index contributed by atoms with van der Waals surface area (Å²) in [5.41, 5.74) is 1.34. The molecule has 0 saturated carbocycles. The van der Waals surface area contributed by atoms with Gasteiger partial charge in [0.2, 0.25) is 0 Å². The molecule has 1 heterocycles. The number of fused-ring (bicyclic) bond motifs is 1. The normalized spacial score (nSPS) is 15.3. The van der Waals surface area contributed by atoms with Crippen LogP contribution in [-0.2, 0) is 9.53 Å². The molecule has 0 atom stereocenters. The second-order valence-electron chi connectivity index (χ2n) is 6.37. The predicted molar refractivity (Wildman–Crippen MR) is 98.2 cm³/mol. The van der Waals surface area contributed by atoms with Crippen LogP contribution in [0.1, 0.15) is 24.2 Å². The van der Waals surface area contributed by atoms with Crippen molar-refractivity contribution in [2.75, 3.05) is 23.4 Å². The number of hydrogen-bond donors (Lipinski definition) is 1. The van der Waals surface area contributed by atoms with Crippen molar-refractivity contribution in [1.29, 1.82) is 0 Å². The van der Waals surface area contributed by atoms with Gasteiger partial charge >= 0.3 is 5.97 Å². The topological polar surface area (TPSA) is 58.6 Å². The number of halogens is 1. The summed E-state index contributed by atoms with van der Waals surface area (Å²) in [5.74, 6) is -0.525. The first-order chi connectivity index (χ1) is 11.9. The molecular formula is C19H19ClN2O3. The van der Waals surface area contributed by atoms with E-state index in [0.29, 0.717) is 10.6 Å². The van der Waals surface area contributed by atoms with Gasteiger partial charge in [0.15, 0.2) is 0 Å². The summed E-state index contributed by atoms with van der Waals surface area (Å²) in [7, 11) is 0. The van der Waals surface area contributed by atoms with Gasteiger partial charge < -0.3 is 15.0 Å². The van der Waals surface area contributed by atoms with Crippen LogP contribution in [0.3, 0.4) is 0 Å². The van der Waals surface area contributed by atoms with Crippen molar-refractivity contribution in [3.05, 3.63) is 59.1 Å². The molecule has 0 aromatic heterocycles. The van der Waals surface area contributed by atoms with Crippen molar-refractivity contribution in [3.63, 3.8) is 0 Å². The van der Waals surface area contributed by atoms with Crippen molar-refractivity contribution in [1.82, 2.24) is 0 Å². The number of anilines is 2. The zero-order valence-electron chi connectivity index (χ0n) is 14.1. The van der Waals surface area contributed by atoms with E-state index in [9.17, 15) is 9.59 Å². The van der Waals surface area contributed by atoms with E-state index in [0.717, 1.165) is 11.4 Å². The van der Waals surface area contributed by atoms with Gasteiger partial charge in [-0.15, -0.1) is 0 Å². The molecule has 25 heavy (non-hydrogen) atoms. The van der Waals surface area contributed by atoms with Crippen molar-refractivity contribution in [3.8, 4) is 0 Å². The SMILES string of the molecule is CC1(C)Nc2ccccc2N(CCOC(=O)c2cccc(Cl)c2)C1=O. The number of para-hydroxylation sites is 2. The van der Waals surface area contributed by atoms with Crippen LogP contribution in [-0.4, -0.2) is 30.6 Å². The lowest BCUT2D eigenvalue weighted by atomic mass is 9.98. The molecule has 1 aliphatic rings. The van der Waals surface area contributed by atoms with Crippen LogP contribution >= 0.6 is 11.6 Å². The van der Waals surface area contributed by atoms with Crippen LogP contribution in [0.4, 0.5) is 11.4 Å². The van der Waals surface area contributed by atoms with Crippen LogP contribution in [0.2, 0.25) is 5.02 Å². The average Bonchev–Trinajstić information content (AvgIpc) is 2.58. The Labute approximate surface area is 151 Å². The molecule has 1 N–H and O–H groups in total. The first-order valence-electron chi connectivity index (χ1n) is 8.00. The predicted octanol–water partition coefficient (Wildman–Crippen LogP) is 3.73. The highest BCUT2D eigenvalue weighted by Gasteiger charge is 2.38. The Morgan fingerprint density at radius 1 is 1.20 bits per heavy atom. The van der Waals surface area contributed by atoms with Crippen molar-refractivity contribution in [2.24, 2.45) is 0 Å². The third-order valence-electron chi connectivity index (χ3n) is 4.03. The molecule has 2 aromatic rings. The molecule has 3 rings (SSSR count). The van der Waals surface area contributed by atoms with Crippen LogP contribution < -0.4 is 10.2 Å². The molecule has 6 heteroatoms. The number of carbonyl (C=O) groups is 2. The number of rotatable bonds is 4. The van der Waals surface area contributed by atoms with Crippen LogP contribution in [0.15, 0.2) is 48.5 Å². The Morgan fingerprint density at radius 2 is 1.96 bits per heavy atom. The van der Waals surface area contributed by atoms with Gasteiger partial charge in [0.1, 0.15) is 12.1 Å². The fourth-order valence-corrected chi connectivity index (χ4v) is 2.99. The van der Waals surface area contributed by atoms with E-state index in [1.54, 1.807) is 29.2 Å². The maximum Gasteiger partial charge on any atom is 0.338 e. The third kappa shape index (κ3) is 3.61. The van der Waals surface area contributed by atoms with E-state index < -0.39 is 11.5 Å². The van der Waals surface area contributed by atoms with Gasteiger partial charge in [0.25, 0.3) is 5.91 Å². The lowest BCUT2D eigenvalue weighted by Gasteiger charge is -2.39. The summed E-state index contributed by atoms with van der Waals surface area (Å²) in [6.45, 7) is 4.04. The Balaban J connectivity index is 1.70. The minimum Gasteiger partial charge on any atom is -0.460 e. The van der Waals surface area contributed by atoms with E-state index in [4.69, 9.17) is 16.3 Å². The summed E-state index contributed by atoms with van der Waals surface area (Å²) in [6.07, 6.45) is 0. The molecule has 0 radical (unpaired) electrons. The fourth-order valence-electron chi connectivity index (χ4n) is 2.80. The van der Waals surface area contributed by atoms with Crippen LogP contribution in [0.25, 0.3) is 0 Å². The first kappa shape index (κ1) is 17.3. The number of nitrogens with zero attached hydrogens (tertiary/aromatic N) is 1. The summed E-state index contributed by atoms with van der Waals surface area (Å²) in [6, 6.07) is 14.2. The van der Waals surface area contributed by atoms with E-state index >= 15 is 0 Å². The minimum absolute atomic E-state index is 0.0648. The van der Waals surface area contributed by atoms with Gasteiger partial charge in [0, 0.05) is 5.02 Å². The van der Waals surface area contributed by atoms with Crippen LogP contribution in [0.5, 0.6) is 0 Å². The highest BCUT2D eigenvalue weighted by atomic mass is 35.5. The third-order valence-corrected chi connectivity index (χ3v) is 4.27. The molecule has 0 aliphatic carbocycles. The van der Waals surface area contributed by atoms with E-state index in [-0.39, 0.29) is 19.1 Å². The van der Waals surface area contributed by atoms with E-state index in [2.05, 4.69) is 5.32 Å². The first-order valence-corrected chi connectivity index (χ1v) is 8.38. The molecule has 2 aromatic carbocycles. The fraction of sp³-hybridized carbons (Fsp3) is 0.263. The van der Waals surface area contributed by atoms with Crippen LogP contribution in [0, 0.1) is 0 Å².